The van der Waals surface area contributed by atoms with Crippen molar-refractivity contribution in [3.63, 3.8) is 0 Å². The minimum absolute atomic E-state index is 0.145. The highest BCUT2D eigenvalue weighted by Gasteiger charge is 2.29. The first-order chi connectivity index (χ1) is 8.99. The number of primary amides is 1. The van der Waals surface area contributed by atoms with E-state index in [0.29, 0.717) is 0 Å². The average Bonchev–Trinajstić information content (AvgIpc) is 3.19. The van der Waals surface area contributed by atoms with Gasteiger partial charge in [0.2, 0.25) is 5.91 Å². The molecule has 0 bridgehead atoms. The van der Waals surface area contributed by atoms with Crippen LogP contribution >= 0.6 is 0 Å². The molecular weight excluding hydrogens is 250 g/mol. The van der Waals surface area contributed by atoms with Crippen LogP contribution in [-0.2, 0) is 0 Å². The number of aliphatic hydroxyl groups excluding tert-OH is 1. The van der Waals surface area contributed by atoms with Gasteiger partial charge in [0.1, 0.15) is 5.69 Å². The number of rotatable bonds is 6. The smallest absolute Gasteiger partial charge is 0.292 e. The van der Waals surface area contributed by atoms with E-state index in [1.54, 1.807) is 0 Å². The summed E-state index contributed by atoms with van der Waals surface area (Å²) < 4.78 is 0. The molecule has 1 unspecified atom stereocenters. The first-order valence-corrected chi connectivity index (χ1v) is 5.99. The maximum Gasteiger partial charge on any atom is 0.292 e. The van der Waals surface area contributed by atoms with E-state index in [1.165, 1.54) is 18.2 Å². The lowest BCUT2D eigenvalue weighted by molar-refractivity contribution is -0.384. The van der Waals surface area contributed by atoms with Crippen molar-refractivity contribution >= 4 is 17.3 Å². The molecular formula is C12H15N3O4. The highest BCUT2D eigenvalue weighted by atomic mass is 16.6. The Morgan fingerprint density at radius 3 is 2.79 bits per heavy atom. The van der Waals surface area contributed by atoms with Gasteiger partial charge < -0.3 is 16.2 Å². The minimum atomic E-state index is -0.652. The van der Waals surface area contributed by atoms with Gasteiger partial charge in [-0.15, -0.1) is 0 Å². The quantitative estimate of drug-likeness (QED) is 0.521. The predicted molar refractivity (Wildman–Crippen MR) is 68.8 cm³/mol. The van der Waals surface area contributed by atoms with Crippen LogP contribution < -0.4 is 11.1 Å². The molecule has 1 aromatic rings. The molecule has 4 N–H and O–H groups in total. The topological polar surface area (TPSA) is 118 Å². The number of amides is 1. The number of anilines is 1. The van der Waals surface area contributed by atoms with Gasteiger partial charge in [-0.1, -0.05) is 0 Å². The molecule has 1 aliphatic rings. The van der Waals surface area contributed by atoms with Crippen LogP contribution in [-0.4, -0.2) is 28.6 Å². The number of benzene rings is 1. The number of carbonyl (C=O) groups excluding carboxylic acids is 1. The van der Waals surface area contributed by atoms with Gasteiger partial charge in [0.05, 0.1) is 11.0 Å². The second-order valence-electron chi connectivity index (χ2n) is 4.64. The first kappa shape index (κ1) is 13.3. The van der Waals surface area contributed by atoms with Gasteiger partial charge in [0, 0.05) is 18.2 Å². The summed E-state index contributed by atoms with van der Waals surface area (Å²) in [6.07, 6.45) is 1.43. The Hall–Kier alpha value is -2.15. The Morgan fingerprint density at radius 1 is 1.58 bits per heavy atom. The van der Waals surface area contributed by atoms with E-state index < -0.39 is 16.9 Å². The molecule has 1 atom stereocenters. The summed E-state index contributed by atoms with van der Waals surface area (Å²) >= 11 is 0. The Balaban J connectivity index is 2.16. The number of carbonyl (C=O) groups is 1. The van der Waals surface area contributed by atoms with Crippen molar-refractivity contribution in [2.45, 2.75) is 18.9 Å². The van der Waals surface area contributed by atoms with Crippen LogP contribution in [0.2, 0.25) is 0 Å². The summed E-state index contributed by atoms with van der Waals surface area (Å²) in [6, 6.07) is 3.87. The molecule has 19 heavy (non-hydrogen) atoms. The van der Waals surface area contributed by atoms with E-state index in [4.69, 9.17) is 5.73 Å². The fourth-order valence-corrected chi connectivity index (χ4v) is 1.85. The first-order valence-electron chi connectivity index (χ1n) is 5.99. The molecule has 7 nitrogen and oxygen atoms in total. The van der Waals surface area contributed by atoms with Crippen LogP contribution in [0.4, 0.5) is 11.4 Å². The molecule has 0 aromatic heterocycles. The standard InChI is InChI=1S/C12H15N3O4/c13-12(17)8-3-4-10(15(18)19)9(5-8)14-6-11(16)7-1-2-7/h3-5,7,11,14,16H,1-2,6H2,(H2,13,17). The molecule has 0 radical (unpaired) electrons. The van der Waals surface area contributed by atoms with Crippen LogP contribution in [0.5, 0.6) is 0 Å². The maximum absolute atomic E-state index is 11.1. The third-order valence-electron chi connectivity index (χ3n) is 3.15. The molecule has 1 amide bonds. The van der Waals surface area contributed by atoms with Crippen molar-refractivity contribution in [3.8, 4) is 0 Å². The lowest BCUT2D eigenvalue weighted by Gasteiger charge is -2.12. The SMILES string of the molecule is NC(=O)c1ccc([N+](=O)[O-])c(NCC(O)C2CC2)c1. The number of aliphatic hydroxyl groups is 1. The van der Waals surface area contributed by atoms with Crippen molar-refractivity contribution in [3.05, 3.63) is 33.9 Å². The number of hydrogen-bond donors (Lipinski definition) is 3. The number of nitrogens with one attached hydrogen (secondary N) is 1. The molecule has 7 heteroatoms. The van der Waals surface area contributed by atoms with Crippen LogP contribution in [0, 0.1) is 16.0 Å². The van der Waals surface area contributed by atoms with Crippen LogP contribution in [0.1, 0.15) is 23.2 Å². The highest BCUT2D eigenvalue weighted by Crippen LogP contribution is 2.33. The third kappa shape index (κ3) is 3.19. The van der Waals surface area contributed by atoms with Gasteiger partial charge in [0.15, 0.2) is 0 Å². The van der Waals surface area contributed by atoms with Gasteiger partial charge in [-0.2, -0.15) is 0 Å². The van der Waals surface area contributed by atoms with Crippen molar-refractivity contribution in [2.75, 3.05) is 11.9 Å². The van der Waals surface area contributed by atoms with E-state index in [1.807, 2.05) is 0 Å². The zero-order chi connectivity index (χ0) is 14.0. The average molecular weight is 265 g/mol. The fourth-order valence-electron chi connectivity index (χ4n) is 1.85. The molecule has 0 spiro atoms. The Kier molecular flexibility index (Phi) is 3.66. The summed E-state index contributed by atoms with van der Waals surface area (Å²) in [5.41, 5.74) is 5.38. The summed E-state index contributed by atoms with van der Waals surface area (Å²) in [5, 5.41) is 23.4. The Bertz CT molecular complexity index is 514. The molecule has 0 saturated heterocycles. The Labute approximate surface area is 109 Å². The monoisotopic (exact) mass is 265 g/mol. The van der Waals surface area contributed by atoms with Crippen molar-refractivity contribution in [2.24, 2.45) is 11.7 Å². The molecule has 1 aromatic carbocycles. The van der Waals surface area contributed by atoms with E-state index >= 15 is 0 Å². The van der Waals surface area contributed by atoms with E-state index in [9.17, 15) is 20.0 Å². The Morgan fingerprint density at radius 2 is 2.26 bits per heavy atom. The molecule has 102 valence electrons. The zero-order valence-electron chi connectivity index (χ0n) is 10.2. The fraction of sp³-hybridized carbons (Fsp3) is 0.417. The van der Waals surface area contributed by atoms with E-state index in [0.717, 1.165) is 12.8 Å². The molecule has 0 aliphatic heterocycles. The lowest BCUT2D eigenvalue weighted by Crippen LogP contribution is -2.22. The van der Waals surface area contributed by atoms with Crippen molar-refractivity contribution in [1.29, 1.82) is 0 Å². The summed E-state index contributed by atoms with van der Waals surface area (Å²) in [5.74, 6) is -0.383. The van der Waals surface area contributed by atoms with Crippen molar-refractivity contribution in [1.82, 2.24) is 0 Å². The summed E-state index contributed by atoms with van der Waals surface area (Å²) in [7, 11) is 0. The molecule has 1 fully saturated rings. The van der Waals surface area contributed by atoms with Gasteiger partial charge in [-0.3, -0.25) is 14.9 Å². The van der Waals surface area contributed by atoms with Crippen molar-refractivity contribution < 1.29 is 14.8 Å². The van der Waals surface area contributed by atoms with Gasteiger partial charge in [0.25, 0.3) is 5.69 Å². The lowest BCUT2D eigenvalue weighted by atomic mass is 10.1. The van der Waals surface area contributed by atoms with E-state index in [2.05, 4.69) is 5.32 Å². The molecule has 0 heterocycles. The number of nitrogens with two attached hydrogens (primary N) is 1. The van der Waals surface area contributed by atoms with Crippen LogP contribution in [0.25, 0.3) is 0 Å². The number of nitro benzene ring substituents is 1. The summed E-state index contributed by atoms with van der Waals surface area (Å²) in [4.78, 5) is 21.4. The van der Waals surface area contributed by atoms with Gasteiger partial charge in [-0.05, 0) is 30.9 Å². The number of hydrogen-bond acceptors (Lipinski definition) is 5. The molecule has 1 aliphatic carbocycles. The minimum Gasteiger partial charge on any atom is -0.391 e. The number of nitro groups is 1. The third-order valence-corrected chi connectivity index (χ3v) is 3.15. The normalized spacial score (nSPS) is 15.8. The highest BCUT2D eigenvalue weighted by molar-refractivity contribution is 5.94. The second-order valence-corrected chi connectivity index (χ2v) is 4.64. The molecule has 2 rings (SSSR count). The van der Waals surface area contributed by atoms with Gasteiger partial charge in [-0.25, -0.2) is 0 Å². The summed E-state index contributed by atoms with van der Waals surface area (Å²) in [6.45, 7) is 0.216. The maximum atomic E-state index is 11.1. The van der Waals surface area contributed by atoms with Crippen LogP contribution in [0.15, 0.2) is 18.2 Å². The number of nitrogens with zero attached hydrogens (tertiary/aromatic N) is 1. The van der Waals surface area contributed by atoms with Gasteiger partial charge >= 0.3 is 0 Å². The zero-order valence-corrected chi connectivity index (χ0v) is 10.2. The predicted octanol–water partition coefficient (Wildman–Crippen LogP) is 0.876. The largest absolute Gasteiger partial charge is 0.391 e. The van der Waals surface area contributed by atoms with E-state index in [-0.39, 0.29) is 29.4 Å². The molecule has 1 saturated carbocycles. The second kappa shape index (κ2) is 5.23. The van der Waals surface area contributed by atoms with Crippen LogP contribution in [0.3, 0.4) is 0 Å².